The van der Waals surface area contributed by atoms with Crippen LogP contribution < -0.4 is 21.6 Å². The molecule has 1 saturated heterocycles. The van der Waals surface area contributed by atoms with Gasteiger partial charge in [-0.1, -0.05) is 81.4 Å². The molecular formula is C26H30N2O5Si. The molecule has 2 aromatic carbocycles. The number of aromatic nitrogens is 2. The van der Waals surface area contributed by atoms with Gasteiger partial charge in [-0.3, -0.25) is 14.3 Å². The number of carbonyl (C=O) groups is 1. The molecule has 3 aromatic rings. The summed E-state index contributed by atoms with van der Waals surface area (Å²) in [4.78, 5) is 38.7. The number of hydrogen-bond acceptors (Lipinski definition) is 5. The van der Waals surface area contributed by atoms with Crippen molar-refractivity contribution >= 4 is 25.0 Å². The Bertz CT molecular complexity index is 1220. The SMILES string of the molecule is Cc1cn([C@H]2CC(O[Si](c3ccccc3)(c3ccccc3)C(C)(C)C)[C@@H](C=O)O2)c(=O)[nH]c1=O. The predicted octanol–water partition coefficient (Wildman–Crippen LogP) is 2.28. The molecule has 4 rings (SSSR count). The zero-order valence-corrected chi connectivity index (χ0v) is 20.9. The highest BCUT2D eigenvalue weighted by Crippen LogP contribution is 2.40. The second-order valence-electron chi connectivity index (χ2n) is 9.73. The van der Waals surface area contributed by atoms with E-state index in [2.05, 4.69) is 50.0 Å². The fourth-order valence-electron chi connectivity index (χ4n) is 4.79. The maximum atomic E-state index is 12.5. The number of hydrogen-bond donors (Lipinski definition) is 1. The van der Waals surface area contributed by atoms with E-state index < -0.39 is 38.0 Å². The summed E-state index contributed by atoms with van der Waals surface area (Å²) in [5.74, 6) is 0. The third-order valence-corrected chi connectivity index (χ3v) is 11.5. The Morgan fingerprint density at radius 3 is 2.09 bits per heavy atom. The van der Waals surface area contributed by atoms with Gasteiger partial charge in [0.1, 0.15) is 12.3 Å². The van der Waals surface area contributed by atoms with Crippen LogP contribution in [0, 0.1) is 6.92 Å². The molecule has 1 aromatic heterocycles. The quantitative estimate of drug-likeness (QED) is 0.434. The third kappa shape index (κ3) is 4.24. The zero-order valence-electron chi connectivity index (χ0n) is 19.9. The summed E-state index contributed by atoms with van der Waals surface area (Å²) in [6.07, 6.45) is 0.393. The van der Waals surface area contributed by atoms with Crippen molar-refractivity contribution in [3.05, 3.63) is 93.3 Å². The molecule has 0 aliphatic carbocycles. The van der Waals surface area contributed by atoms with E-state index in [4.69, 9.17) is 9.16 Å². The fourth-order valence-corrected chi connectivity index (χ4v) is 9.49. The number of aryl methyl sites for hydroxylation is 1. The average Bonchev–Trinajstić information content (AvgIpc) is 3.22. The molecule has 1 aliphatic rings. The highest BCUT2D eigenvalue weighted by molar-refractivity contribution is 6.99. The standard InChI is InChI=1S/C26H30N2O5Si/c1-18-16-28(25(31)27-24(18)30)23-15-21(22(17-29)32-23)33-34(26(2,3)4,19-11-7-5-8-12-19)20-13-9-6-10-14-20/h5-14,16-17,21-23H,15H2,1-4H3,(H,27,30,31)/t21?,22-,23-/m1/s1. The van der Waals surface area contributed by atoms with E-state index in [1.54, 1.807) is 6.92 Å². The van der Waals surface area contributed by atoms with E-state index in [1.807, 2.05) is 36.4 Å². The molecule has 34 heavy (non-hydrogen) atoms. The normalized spacial score (nSPS) is 20.9. The topological polar surface area (TPSA) is 90.4 Å². The predicted molar refractivity (Wildman–Crippen MR) is 133 cm³/mol. The van der Waals surface area contributed by atoms with E-state index in [-0.39, 0.29) is 5.04 Å². The lowest BCUT2D eigenvalue weighted by molar-refractivity contribution is -0.122. The summed E-state index contributed by atoms with van der Waals surface area (Å²) in [6, 6.07) is 20.3. The summed E-state index contributed by atoms with van der Waals surface area (Å²) in [5, 5.41) is 1.92. The fraction of sp³-hybridized carbons (Fsp3) is 0.346. The van der Waals surface area contributed by atoms with Crippen LogP contribution in [0.4, 0.5) is 0 Å². The Morgan fingerprint density at radius 1 is 1.03 bits per heavy atom. The van der Waals surface area contributed by atoms with Gasteiger partial charge >= 0.3 is 5.69 Å². The molecule has 0 radical (unpaired) electrons. The molecule has 0 amide bonds. The molecule has 1 aliphatic heterocycles. The lowest BCUT2D eigenvalue weighted by Crippen LogP contribution is -2.68. The minimum atomic E-state index is -2.92. The smallest absolute Gasteiger partial charge is 0.330 e. The van der Waals surface area contributed by atoms with Crippen molar-refractivity contribution in [3.63, 3.8) is 0 Å². The van der Waals surface area contributed by atoms with Crippen molar-refractivity contribution in [3.8, 4) is 0 Å². The van der Waals surface area contributed by atoms with Crippen LogP contribution in [-0.4, -0.2) is 36.4 Å². The second kappa shape index (κ2) is 9.29. The van der Waals surface area contributed by atoms with Gasteiger partial charge in [-0.25, -0.2) is 4.79 Å². The Hall–Kier alpha value is -3.07. The number of rotatable bonds is 6. The van der Waals surface area contributed by atoms with Gasteiger partial charge in [0.05, 0.1) is 6.10 Å². The van der Waals surface area contributed by atoms with Gasteiger partial charge in [0.2, 0.25) is 0 Å². The molecule has 178 valence electrons. The largest absolute Gasteiger partial charge is 0.401 e. The van der Waals surface area contributed by atoms with Crippen LogP contribution in [0.3, 0.4) is 0 Å². The van der Waals surface area contributed by atoms with Crippen LogP contribution in [0.1, 0.15) is 39.0 Å². The number of carbonyl (C=O) groups excluding carboxylic acids is 1. The Labute approximate surface area is 199 Å². The summed E-state index contributed by atoms with van der Waals surface area (Å²) >= 11 is 0. The summed E-state index contributed by atoms with van der Waals surface area (Å²) in [5.41, 5.74) is -0.621. The van der Waals surface area contributed by atoms with E-state index in [1.165, 1.54) is 10.8 Å². The monoisotopic (exact) mass is 478 g/mol. The van der Waals surface area contributed by atoms with Gasteiger partial charge in [-0.2, -0.15) is 0 Å². The number of H-pyrrole nitrogens is 1. The van der Waals surface area contributed by atoms with E-state index in [0.717, 1.165) is 16.7 Å². The van der Waals surface area contributed by atoms with E-state index in [0.29, 0.717) is 12.0 Å². The van der Waals surface area contributed by atoms with Crippen LogP contribution in [0.5, 0.6) is 0 Å². The van der Waals surface area contributed by atoms with Crippen LogP contribution in [0.25, 0.3) is 0 Å². The summed E-state index contributed by atoms with van der Waals surface area (Å²) < 4.78 is 14.4. The number of aldehydes is 1. The molecular weight excluding hydrogens is 448 g/mol. The highest BCUT2D eigenvalue weighted by atomic mass is 28.4. The molecule has 2 heterocycles. The van der Waals surface area contributed by atoms with Crippen molar-refractivity contribution < 1.29 is 14.0 Å². The van der Waals surface area contributed by atoms with Crippen LogP contribution in [-0.2, 0) is 14.0 Å². The Kier molecular flexibility index (Phi) is 6.57. The maximum absolute atomic E-state index is 12.5. The summed E-state index contributed by atoms with van der Waals surface area (Å²) in [7, 11) is -2.92. The molecule has 7 nitrogen and oxygen atoms in total. The molecule has 8 heteroatoms. The molecule has 0 saturated carbocycles. The lowest BCUT2D eigenvalue weighted by Gasteiger charge is -2.44. The number of aromatic amines is 1. The van der Waals surface area contributed by atoms with Gasteiger partial charge in [0.15, 0.2) is 6.29 Å². The molecule has 1 unspecified atom stereocenters. The highest BCUT2D eigenvalue weighted by Gasteiger charge is 2.53. The summed E-state index contributed by atoms with van der Waals surface area (Å²) in [6.45, 7) is 8.12. The third-order valence-electron chi connectivity index (χ3n) is 6.45. The first-order chi connectivity index (χ1) is 16.2. The van der Waals surface area contributed by atoms with Gasteiger partial charge < -0.3 is 14.0 Å². The minimum absolute atomic E-state index is 0.271. The lowest BCUT2D eigenvalue weighted by atomic mass is 10.2. The van der Waals surface area contributed by atoms with Gasteiger partial charge in [0, 0.05) is 18.2 Å². The van der Waals surface area contributed by atoms with Crippen LogP contribution >= 0.6 is 0 Å². The van der Waals surface area contributed by atoms with E-state index in [9.17, 15) is 14.4 Å². The van der Waals surface area contributed by atoms with Gasteiger partial charge in [-0.05, 0) is 22.3 Å². The average molecular weight is 479 g/mol. The maximum Gasteiger partial charge on any atom is 0.330 e. The first-order valence-corrected chi connectivity index (χ1v) is 13.3. The van der Waals surface area contributed by atoms with E-state index >= 15 is 0 Å². The number of benzene rings is 2. The molecule has 3 atom stereocenters. The zero-order chi connectivity index (χ0) is 24.5. The number of nitrogens with zero attached hydrogens (tertiary/aromatic N) is 1. The van der Waals surface area contributed by atoms with Crippen molar-refractivity contribution in [2.45, 2.75) is 57.6 Å². The number of nitrogens with one attached hydrogen (secondary N) is 1. The molecule has 1 fully saturated rings. The molecule has 0 bridgehead atoms. The van der Waals surface area contributed by atoms with Crippen LogP contribution in [0.2, 0.25) is 5.04 Å². The van der Waals surface area contributed by atoms with Crippen molar-refractivity contribution in [1.82, 2.24) is 9.55 Å². The van der Waals surface area contributed by atoms with Crippen molar-refractivity contribution in [2.24, 2.45) is 0 Å². The van der Waals surface area contributed by atoms with Gasteiger partial charge in [-0.15, -0.1) is 0 Å². The van der Waals surface area contributed by atoms with Crippen molar-refractivity contribution in [1.29, 1.82) is 0 Å². The number of ether oxygens (including phenoxy) is 1. The van der Waals surface area contributed by atoms with Gasteiger partial charge in [0.25, 0.3) is 13.9 Å². The first-order valence-electron chi connectivity index (χ1n) is 11.4. The first kappa shape index (κ1) is 24.1. The Morgan fingerprint density at radius 2 is 1.59 bits per heavy atom. The minimum Gasteiger partial charge on any atom is -0.401 e. The Balaban J connectivity index is 1.80. The van der Waals surface area contributed by atoms with Crippen LogP contribution in [0.15, 0.2) is 76.4 Å². The van der Waals surface area contributed by atoms with Crippen molar-refractivity contribution in [2.75, 3.05) is 0 Å². The molecule has 0 spiro atoms. The second-order valence-corrected chi connectivity index (χ2v) is 14.0. The molecule has 1 N–H and O–H groups in total.